The molecule has 0 fully saturated rings. The van der Waals surface area contributed by atoms with Crippen molar-refractivity contribution in [2.24, 2.45) is 0 Å². The van der Waals surface area contributed by atoms with Crippen molar-refractivity contribution in [1.82, 2.24) is 0 Å². The predicted octanol–water partition coefficient (Wildman–Crippen LogP) is 2.04. The normalized spacial score (nSPS) is 10.8. The molecule has 0 unspecified atom stereocenters. The molecule has 0 aromatic rings. The predicted molar refractivity (Wildman–Crippen MR) is 37.8 cm³/mol. The molecule has 0 aromatic carbocycles. The van der Waals surface area contributed by atoms with E-state index in [1.807, 2.05) is 6.26 Å². The van der Waals surface area contributed by atoms with Crippen molar-refractivity contribution < 1.29 is 0 Å². The summed E-state index contributed by atoms with van der Waals surface area (Å²) in [7, 11) is 0. The molecular weight excluding hydrogens is 118 g/mol. The monoisotopic (exact) mass is 129 g/mol. The van der Waals surface area contributed by atoms with Gasteiger partial charge in [-0.25, -0.2) is 0 Å². The SMILES string of the molecule is CSC(C)(C)CC#N. The van der Waals surface area contributed by atoms with Crippen LogP contribution in [0.3, 0.4) is 0 Å². The van der Waals surface area contributed by atoms with E-state index in [4.69, 9.17) is 5.26 Å². The van der Waals surface area contributed by atoms with Crippen LogP contribution >= 0.6 is 11.8 Å². The second-order valence-electron chi connectivity index (χ2n) is 2.30. The van der Waals surface area contributed by atoms with Gasteiger partial charge in [-0.15, -0.1) is 0 Å². The summed E-state index contributed by atoms with van der Waals surface area (Å²) >= 11 is 1.73. The van der Waals surface area contributed by atoms with Crippen LogP contribution in [0, 0.1) is 11.3 Å². The van der Waals surface area contributed by atoms with Crippen LogP contribution in [0.2, 0.25) is 0 Å². The third-order valence-corrected chi connectivity index (χ3v) is 2.31. The van der Waals surface area contributed by atoms with E-state index in [2.05, 4.69) is 19.9 Å². The first-order valence-corrected chi connectivity index (χ1v) is 3.77. The molecule has 0 aliphatic rings. The number of hydrogen-bond donors (Lipinski definition) is 0. The van der Waals surface area contributed by atoms with Crippen molar-refractivity contribution in [3.05, 3.63) is 0 Å². The molecule has 0 atom stereocenters. The molecule has 0 aliphatic carbocycles. The van der Waals surface area contributed by atoms with E-state index in [0.29, 0.717) is 6.42 Å². The highest BCUT2D eigenvalue weighted by Gasteiger charge is 2.13. The second kappa shape index (κ2) is 2.99. The topological polar surface area (TPSA) is 23.8 Å². The smallest absolute Gasteiger partial charge is 0.0636 e. The van der Waals surface area contributed by atoms with Gasteiger partial charge in [0.1, 0.15) is 0 Å². The summed E-state index contributed by atoms with van der Waals surface area (Å²) in [5.74, 6) is 0. The molecule has 0 aliphatic heterocycles. The molecule has 8 heavy (non-hydrogen) atoms. The molecule has 0 rings (SSSR count). The van der Waals surface area contributed by atoms with Crippen LogP contribution in [0.1, 0.15) is 20.3 Å². The standard InChI is InChI=1S/C6H11NS/c1-6(2,8-3)4-5-7/h4H2,1-3H3. The van der Waals surface area contributed by atoms with E-state index in [1.165, 1.54) is 0 Å². The van der Waals surface area contributed by atoms with Gasteiger partial charge in [0.25, 0.3) is 0 Å². The first kappa shape index (κ1) is 7.84. The van der Waals surface area contributed by atoms with E-state index in [9.17, 15) is 0 Å². The van der Waals surface area contributed by atoms with Gasteiger partial charge in [0.15, 0.2) is 0 Å². The van der Waals surface area contributed by atoms with Crippen LogP contribution < -0.4 is 0 Å². The molecule has 46 valence electrons. The minimum Gasteiger partial charge on any atom is -0.198 e. The Hall–Kier alpha value is -0.160. The molecule has 0 amide bonds. The van der Waals surface area contributed by atoms with E-state index in [1.54, 1.807) is 11.8 Å². The largest absolute Gasteiger partial charge is 0.198 e. The van der Waals surface area contributed by atoms with E-state index in [0.717, 1.165) is 0 Å². The van der Waals surface area contributed by atoms with Gasteiger partial charge in [0, 0.05) is 11.2 Å². The Morgan fingerprint density at radius 1 is 1.62 bits per heavy atom. The first-order chi connectivity index (χ1) is 3.62. The van der Waals surface area contributed by atoms with Crippen LogP contribution in [-0.2, 0) is 0 Å². The molecule has 0 bridgehead atoms. The third kappa shape index (κ3) is 2.92. The van der Waals surface area contributed by atoms with Gasteiger partial charge in [-0.05, 0) is 20.1 Å². The van der Waals surface area contributed by atoms with Gasteiger partial charge in [-0.2, -0.15) is 17.0 Å². The molecule has 0 aromatic heterocycles. The number of nitrogens with zero attached hydrogens (tertiary/aromatic N) is 1. The Kier molecular flexibility index (Phi) is 2.93. The van der Waals surface area contributed by atoms with Crippen molar-refractivity contribution in [2.75, 3.05) is 6.26 Å². The number of thioether (sulfide) groups is 1. The lowest BCUT2D eigenvalue weighted by atomic mass is 10.1. The van der Waals surface area contributed by atoms with Crippen LogP contribution in [-0.4, -0.2) is 11.0 Å². The van der Waals surface area contributed by atoms with E-state index >= 15 is 0 Å². The summed E-state index contributed by atoms with van der Waals surface area (Å²) < 4.78 is 0.148. The molecule has 0 heterocycles. The zero-order chi connectivity index (χ0) is 6.62. The summed E-state index contributed by atoms with van der Waals surface area (Å²) in [5.41, 5.74) is 0. The van der Waals surface area contributed by atoms with Crippen LogP contribution in [0.5, 0.6) is 0 Å². The van der Waals surface area contributed by atoms with Gasteiger partial charge in [-0.3, -0.25) is 0 Å². The summed E-state index contributed by atoms with van der Waals surface area (Å²) in [6.45, 7) is 4.14. The van der Waals surface area contributed by atoms with Crippen molar-refractivity contribution in [1.29, 1.82) is 5.26 Å². The zero-order valence-electron chi connectivity index (χ0n) is 5.56. The highest BCUT2D eigenvalue weighted by atomic mass is 32.2. The number of hydrogen-bond acceptors (Lipinski definition) is 2. The van der Waals surface area contributed by atoms with Crippen LogP contribution in [0.15, 0.2) is 0 Å². The Morgan fingerprint density at radius 3 is 2.25 bits per heavy atom. The lowest BCUT2D eigenvalue weighted by molar-refractivity contribution is 0.736. The summed E-state index contributed by atoms with van der Waals surface area (Å²) in [6.07, 6.45) is 2.66. The molecule has 0 N–H and O–H groups in total. The Bertz CT molecular complexity index is 102. The number of nitriles is 1. The van der Waals surface area contributed by atoms with Gasteiger partial charge in [0.2, 0.25) is 0 Å². The minimum absolute atomic E-state index is 0.148. The molecule has 1 nitrogen and oxygen atoms in total. The van der Waals surface area contributed by atoms with Gasteiger partial charge < -0.3 is 0 Å². The summed E-state index contributed by atoms with van der Waals surface area (Å²) in [4.78, 5) is 0. The lowest BCUT2D eigenvalue weighted by Gasteiger charge is -2.16. The Balaban J connectivity index is 3.58. The molecule has 2 heteroatoms. The van der Waals surface area contributed by atoms with Crippen LogP contribution in [0.4, 0.5) is 0 Å². The highest BCUT2D eigenvalue weighted by molar-refractivity contribution is 7.99. The van der Waals surface area contributed by atoms with Gasteiger partial charge in [0.05, 0.1) is 6.07 Å². The van der Waals surface area contributed by atoms with Gasteiger partial charge in [-0.1, -0.05) is 0 Å². The fraction of sp³-hybridized carbons (Fsp3) is 0.833. The summed E-state index contributed by atoms with van der Waals surface area (Å²) in [6, 6.07) is 2.14. The average Bonchev–Trinajstić information content (AvgIpc) is 1.67. The van der Waals surface area contributed by atoms with Crippen molar-refractivity contribution in [2.45, 2.75) is 25.0 Å². The van der Waals surface area contributed by atoms with Crippen molar-refractivity contribution in [3.8, 4) is 6.07 Å². The number of rotatable bonds is 2. The summed E-state index contributed by atoms with van der Waals surface area (Å²) in [5, 5.41) is 8.27. The quantitative estimate of drug-likeness (QED) is 0.569. The third-order valence-electron chi connectivity index (χ3n) is 1.06. The maximum absolute atomic E-state index is 8.27. The van der Waals surface area contributed by atoms with Crippen molar-refractivity contribution in [3.63, 3.8) is 0 Å². The fourth-order valence-electron chi connectivity index (χ4n) is 0.263. The first-order valence-electron chi connectivity index (χ1n) is 2.54. The van der Waals surface area contributed by atoms with E-state index in [-0.39, 0.29) is 4.75 Å². The lowest BCUT2D eigenvalue weighted by Crippen LogP contribution is -2.11. The fourth-order valence-corrected chi connectivity index (χ4v) is 0.471. The van der Waals surface area contributed by atoms with Gasteiger partial charge >= 0.3 is 0 Å². The molecule has 0 spiro atoms. The van der Waals surface area contributed by atoms with Crippen LogP contribution in [0.25, 0.3) is 0 Å². The molecule has 0 radical (unpaired) electrons. The van der Waals surface area contributed by atoms with Crippen molar-refractivity contribution >= 4 is 11.8 Å². The molecular formula is C6H11NS. The zero-order valence-corrected chi connectivity index (χ0v) is 6.38. The second-order valence-corrected chi connectivity index (χ2v) is 3.81. The Labute approximate surface area is 55.1 Å². The average molecular weight is 129 g/mol. The molecule has 0 saturated heterocycles. The highest BCUT2D eigenvalue weighted by Crippen LogP contribution is 2.23. The minimum atomic E-state index is 0.148. The van der Waals surface area contributed by atoms with E-state index < -0.39 is 0 Å². The molecule has 0 saturated carbocycles. The maximum atomic E-state index is 8.27. The maximum Gasteiger partial charge on any atom is 0.0636 e. The Morgan fingerprint density at radius 2 is 2.12 bits per heavy atom.